The second kappa shape index (κ2) is 10.4. The highest BCUT2D eigenvalue weighted by atomic mass is 32.2. The summed E-state index contributed by atoms with van der Waals surface area (Å²) in [6, 6.07) is 12.8. The zero-order valence-corrected chi connectivity index (χ0v) is 18.1. The van der Waals surface area contributed by atoms with Gasteiger partial charge in [-0.1, -0.05) is 41.7 Å². The first kappa shape index (κ1) is 22.0. The first-order valence-electron chi connectivity index (χ1n) is 9.47. The van der Waals surface area contributed by atoms with Gasteiger partial charge in [-0.3, -0.25) is 9.78 Å². The summed E-state index contributed by atoms with van der Waals surface area (Å²) < 4.78 is 24.9. The highest BCUT2D eigenvalue weighted by Crippen LogP contribution is 2.29. The van der Waals surface area contributed by atoms with Crippen molar-refractivity contribution in [2.24, 2.45) is 0 Å². The van der Waals surface area contributed by atoms with E-state index in [0.717, 1.165) is 16.8 Å². The lowest BCUT2D eigenvalue weighted by Crippen LogP contribution is -2.29. The van der Waals surface area contributed by atoms with Crippen LogP contribution >= 0.6 is 11.3 Å². The molecule has 10 heteroatoms. The lowest BCUT2D eigenvalue weighted by atomic mass is 10.1. The standard InChI is InChI=1S/C20H23N5O3S2/c1-30(27,28)22-13-6-5-11-17(23-18(26)16-10-7-12-21-14-16)20-25-24-19(29-20)15-8-3-2-4-9-15/h2-4,7-10,12,14,17,22H,5-6,11,13H2,1H3,(H,23,26). The molecule has 0 aliphatic rings. The highest BCUT2D eigenvalue weighted by molar-refractivity contribution is 7.88. The molecule has 0 radical (unpaired) electrons. The Morgan fingerprint density at radius 3 is 2.60 bits per heavy atom. The predicted octanol–water partition coefficient (Wildman–Crippen LogP) is 2.79. The third-order valence-electron chi connectivity index (χ3n) is 4.27. The van der Waals surface area contributed by atoms with Crippen molar-refractivity contribution in [2.45, 2.75) is 25.3 Å². The van der Waals surface area contributed by atoms with Gasteiger partial charge in [0.2, 0.25) is 10.0 Å². The van der Waals surface area contributed by atoms with E-state index in [1.165, 1.54) is 17.5 Å². The summed E-state index contributed by atoms with van der Waals surface area (Å²) in [5.74, 6) is -0.237. The summed E-state index contributed by atoms with van der Waals surface area (Å²) in [5.41, 5.74) is 1.44. The number of hydrogen-bond donors (Lipinski definition) is 2. The minimum absolute atomic E-state index is 0.237. The molecule has 0 fully saturated rings. The Hall–Kier alpha value is -2.69. The van der Waals surface area contributed by atoms with Gasteiger partial charge in [0, 0.05) is 24.5 Å². The van der Waals surface area contributed by atoms with Gasteiger partial charge in [0.25, 0.3) is 5.91 Å². The largest absolute Gasteiger partial charge is 0.343 e. The molecule has 8 nitrogen and oxygen atoms in total. The van der Waals surface area contributed by atoms with Crippen LogP contribution in [0, 0.1) is 0 Å². The molecule has 3 rings (SSSR count). The van der Waals surface area contributed by atoms with Crippen molar-refractivity contribution < 1.29 is 13.2 Å². The summed E-state index contributed by atoms with van der Waals surface area (Å²) >= 11 is 1.44. The van der Waals surface area contributed by atoms with Crippen LogP contribution < -0.4 is 10.0 Å². The van der Waals surface area contributed by atoms with E-state index in [4.69, 9.17) is 0 Å². The second-order valence-electron chi connectivity index (χ2n) is 6.74. The summed E-state index contributed by atoms with van der Waals surface area (Å²) in [6.45, 7) is 0.355. The van der Waals surface area contributed by atoms with Gasteiger partial charge in [0.1, 0.15) is 10.0 Å². The van der Waals surface area contributed by atoms with E-state index in [0.29, 0.717) is 36.4 Å². The molecule has 0 saturated heterocycles. The number of pyridine rings is 1. The van der Waals surface area contributed by atoms with Crippen LogP contribution in [0.25, 0.3) is 10.6 Å². The van der Waals surface area contributed by atoms with Crippen molar-refractivity contribution in [1.29, 1.82) is 0 Å². The lowest BCUT2D eigenvalue weighted by Gasteiger charge is -2.16. The van der Waals surface area contributed by atoms with Crippen LogP contribution in [0.5, 0.6) is 0 Å². The summed E-state index contributed by atoms with van der Waals surface area (Å²) in [7, 11) is -3.21. The van der Waals surface area contributed by atoms with Gasteiger partial charge in [-0.2, -0.15) is 0 Å². The predicted molar refractivity (Wildman–Crippen MR) is 116 cm³/mol. The maximum absolute atomic E-state index is 12.6. The van der Waals surface area contributed by atoms with Crippen molar-refractivity contribution in [1.82, 2.24) is 25.2 Å². The quantitative estimate of drug-likeness (QED) is 0.464. The molecule has 0 bridgehead atoms. The molecule has 2 heterocycles. The molecule has 0 aliphatic heterocycles. The minimum Gasteiger partial charge on any atom is -0.343 e. The fourth-order valence-electron chi connectivity index (χ4n) is 2.80. The van der Waals surface area contributed by atoms with Crippen LogP contribution in [-0.2, 0) is 10.0 Å². The maximum Gasteiger partial charge on any atom is 0.253 e. The Morgan fingerprint density at radius 2 is 1.90 bits per heavy atom. The number of aromatic nitrogens is 3. The van der Waals surface area contributed by atoms with Gasteiger partial charge in [0.05, 0.1) is 17.9 Å². The summed E-state index contributed by atoms with van der Waals surface area (Å²) in [5, 5.41) is 13.1. The van der Waals surface area contributed by atoms with E-state index < -0.39 is 10.0 Å². The van der Waals surface area contributed by atoms with Crippen LogP contribution in [0.2, 0.25) is 0 Å². The summed E-state index contributed by atoms with van der Waals surface area (Å²) in [6.07, 6.45) is 6.23. The molecular weight excluding hydrogens is 422 g/mol. The Labute approximate surface area is 179 Å². The Kier molecular flexibility index (Phi) is 7.61. The monoisotopic (exact) mass is 445 g/mol. The van der Waals surface area contributed by atoms with E-state index in [-0.39, 0.29) is 11.9 Å². The van der Waals surface area contributed by atoms with Crippen LogP contribution in [0.15, 0.2) is 54.9 Å². The summed E-state index contributed by atoms with van der Waals surface area (Å²) in [4.78, 5) is 16.6. The molecule has 0 spiro atoms. The van der Waals surface area contributed by atoms with Crippen molar-refractivity contribution >= 4 is 27.3 Å². The fraction of sp³-hybridized carbons (Fsp3) is 0.300. The zero-order valence-electron chi connectivity index (χ0n) is 16.5. The van der Waals surface area contributed by atoms with Crippen molar-refractivity contribution in [3.8, 4) is 10.6 Å². The number of carbonyl (C=O) groups excluding carboxylic acids is 1. The number of rotatable bonds is 10. The first-order chi connectivity index (χ1) is 14.4. The minimum atomic E-state index is -3.21. The third kappa shape index (κ3) is 6.68. The number of nitrogens with zero attached hydrogens (tertiary/aromatic N) is 3. The normalized spacial score (nSPS) is 12.4. The number of amides is 1. The average molecular weight is 446 g/mol. The maximum atomic E-state index is 12.6. The second-order valence-corrected chi connectivity index (χ2v) is 9.58. The molecule has 0 saturated carbocycles. The zero-order chi connectivity index (χ0) is 21.4. The Bertz CT molecular complexity index is 1060. The topological polar surface area (TPSA) is 114 Å². The molecule has 3 aromatic rings. The van der Waals surface area contributed by atoms with Crippen LogP contribution in [-0.4, -0.2) is 42.3 Å². The molecule has 158 valence electrons. The van der Waals surface area contributed by atoms with Crippen molar-refractivity contribution in [3.05, 3.63) is 65.4 Å². The first-order valence-corrected chi connectivity index (χ1v) is 12.2. The highest BCUT2D eigenvalue weighted by Gasteiger charge is 2.20. The molecule has 1 atom stereocenters. The van der Waals surface area contributed by atoms with Crippen LogP contribution in [0.3, 0.4) is 0 Å². The smallest absolute Gasteiger partial charge is 0.253 e. The van der Waals surface area contributed by atoms with Crippen LogP contribution in [0.4, 0.5) is 0 Å². The lowest BCUT2D eigenvalue weighted by molar-refractivity contribution is 0.0933. The molecule has 30 heavy (non-hydrogen) atoms. The van der Waals surface area contributed by atoms with Gasteiger partial charge in [0.15, 0.2) is 0 Å². The Morgan fingerprint density at radius 1 is 1.10 bits per heavy atom. The van der Waals surface area contributed by atoms with E-state index in [1.807, 2.05) is 30.3 Å². The van der Waals surface area contributed by atoms with Gasteiger partial charge in [-0.15, -0.1) is 10.2 Å². The van der Waals surface area contributed by atoms with E-state index in [2.05, 4.69) is 25.2 Å². The molecule has 2 aromatic heterocycles. The molecule has 2 N–H and O–H groups in total. The number of benzene rings is 1. The van der Waals surface area contributed by atoms with E-state index in [1.54, 1.807) is 18.3 Å². The number of nitrogens with one attached hydrogen (secondary N) is 2. The molecule has 1 amide bonds. The fourth-order valence-corrected chi connectivity index (χ4v) is 4.25. The average Bonchev–Trinajstić information content (AvgIpc) is 3.23. The van der Waals surface area contributed by atoms with E-state index >= 15 is 0 Å². The SMILES string of the molecule is CS(=O)(=O)NCCCCC(NC(=O)c1cccnc1)c1nnc(-c2ccccc2)s1. The molecule has 1 aromatic carbocycles. The van der Waals surface area contributed by atoms with Crippen molar-refractivity contribution in [2.75, 3.05) is 12.8 Å². The van der Waals surface area contributed by atoms with Crippen molar-refractivity contribution in [3.63, 3.8) is 0 Å². The Balaban J connectivity index is 1.70. The third-order valence-corrected chi connectivity index (χ3v) is 6.09. The van der Waals surface area contributed by atoms with Gasteiger partial charge in [-0.05, 0) is 31.4 Å². The van der Waals surface area contributed by atoms with Gasteiger partial charge >= 0.3 is 0 Å². The number of carbonyl (C=O) groups is 1. The number of sulfonamides is 1. The molecule has 0 aliphatic carbocycles. The molecular formula is C20H23N5O3S2. The van der Waals surface area contributed by atoms with E-state index in [9.17, 15) is 13.2 Å². The van der Waals surface area contributed by atoms with Gasteiger partial charge in [-0.25, -0.2) is 13.1 Å². The van der Waals surface area contributed by atoms with Crippen LogP contribution in [0.1, 0.15) is 40.7 Å². The number of hydrogen-bond acceptors (Lipinski definition) is 7. The number of unbranched alkanes of at least 4 members (excludes halogenated alkanes) is 1. The van der Waals surface area contributed by atoms with Gasteiger partial charge < -0.3 is 5.32 Å². The molecule has 1 unspecified atom stereocenters.